The molecule has 0 spiro atoms. The molecule has 2 aliphatic rings. The van der Waals surface area contributed by atoms with E-state index in [9.17, 15) is 9.59 Å². The number of piperidine rings is 1. The molecule has 2 aromatic heterocycles. The third-order valence-corrected chi connectivity index (χ3v) is 7.37. The molecule has 0 saturated carbocycles. The fourth-order valence-electron chi connectivity index (χ4n) is 4.64. The number of morpholine rings is 1. The fourth-order valence-corrected chi connectivity index (χ4v) is 5.52. The van der Waals surface area contributed by atoms with Crippen molar-refractivity contribution >= 4 is 40.3 Å². The van der Waals surface area contributed by atoms with Gasteiger partial charge in [-0.15, -0.1) is 11.3 Å². The molecule has 0 radical (unpaired) electrons. The number of nitrogens with zero attached hydrogens (tertiary/aromatic N) is 3. The minimum atomic E-state index is -0.364. The zero-order valence-electron chi connectivity index (χ0n) is 19.1. The number of carbonyl (C=O) groups excluding carboxylic acids is 2. The molecule has 2 amide bonds. The number of rotatable bonds is 5. The number of amides is 2. The van der Waals surface area contributed by atoms with Gasteiger partial charge < -0.3 is 19.9 Å². The summed E-state index contributed by atoms with van der Waals surface area (Å²) in [7, 11) is 0. The average molecular weight is 477 g/mol. The van der Waals surface area contributed by atoms with Crippen LogP contribution in [-0.4, -0.2) is 43.1 Å². The van der Waals surface area contributed by atoms with Gasteiger partial charge in [0.2, 0.25) is 11.8 Å². The third kappa shape index (κ3) is 4.69. The standard InChI is InChI=1S/C26H28N4O3S/c1-18-4-7-20(8-5-18)30-24(31)11-9-21(25(30)22-3-2-16-34-22)26(32)28-19-6-10-23(27-17-19)29-12-14-33-15-13-29/h2-8,10,16-17,21,25H,9,11-15H2,1H3,(H,28,32). The summed E-state index contributed by atoms with van der Waals surface area (Å²) in [6.45, 7) is 5.04. The molecule has 2 aliphatic heterocycles. The maximum absolute atomic E-state index is 13.5. The predicted molar refractivity (Wildman–Crippen MR) is 134 cm³/mol. The molecule has 2 saturated heterocycles. The van der Waals surface area contributed by atoms with Gasteiger partial charge in [0.05, 0.1) is 37.1 Å². The van der Waals surface area contributed by atoms with Gasteiger partial charge >= 0.3 is 0 Å². The van der Waals surface area contributed by atoms with Crippen molar-refractivity contribution in [3.8, 4) is 0 Å². The number of anilines is 3. The Morgan fingerprint density at radius 1 is 1.12 bits per heavy atom. The summed E-state index contributed by atoms with van der Waals surface area (Å²) in [5.41, 5.74) is 2.61. The van der Waals surface area contributed by atoms with Crippen molar-refractivity contribution < 1.29 is 14.3 Å². The van der Waals surface area contributed by atoms with Crippen molar-refractivity contribution in [1.29, 1.82) is 0 Å². The molecule has 176 valence electrons. The smallest absolute Gasteiger partial charge is 0.230 e. The van der Waals surface area contributed by atoms with Crippen molar-refractivity contribution in [2.24, 2.45) is 5.92 Å². The SMILES string of the molecule is Cc1ccc(N2C(=O)CCC(C(=O)Nc3ccc(N4CCOCC4)nc3)C2c2cccs2)cc1. The number of pyridine rings is 1. The number of nitrogens with one attached hydrogen (secondary N) is 1. The second-order valence-corrected chi connectivity index (χ2v) is 9.68. The minimum Gasteiger partial charge on any atom is -0.378 e. The van der Waals surface area contributed by atoms with Gasteiger partial charge in [-0.1, -0.05) is 23.8 Å². The Balaban J connectivity index is 1.38. The molecule has 1 aromatic carbocycles. The molecule has 4 heterocycles. The van der Waals surface area contributed by atoms with Crippen molar-refractivity contribution in [3.63, 3.8) is 0 Å². The van der Waals surface area contributed by atoms with Crippen LogP contribution >= 0.6 is 11.3 Å². The molecule has 2 fully saturated rings. The Morgan fingerprint density at radius 3 is 2.59 bits per heavy atom. The third-order valence-electron chi connectivity index (χ3n) is 6.43. The van der Waals surface area contributed by atoms with E-state index in [0.29, 0.717) is 31.7 Å². The lowest BCUT2D eigenvalue weighted by Gasteiger charge is -2.40. The largest absolute Gasteiger partial charge is 0.378 e. The molecule has 3 aromatic rings. The molecule has 1 N–H and O–H groups in total. The van der Waals surface area contributed by atoms with E-state index in [1.54, 1.807) is 22.4 Å². The second-order valence-electron chi connectivity index (χ2n) is 8.70. The lowest BCUT2D eigenvalue weighted by molar-refractivity contribution is -0.125. The van der Waals surface area contributed by atoms with E-state index in [0.717, 1.165) is 35.0 Å². The summed E-state index contributed by atoms with van der Waals surface area (Å²) in [5.74, 6) is 0.468. The molecule has 2 atom stereocenters. The highest BCUT2D eigenvalue weighted by atomic mass is 32.1. The van der Waals surface area contributed by atoms with E-state index < -0.39 is 0 Å². The fraction of sp³-hybridized carbons (Fsp3) is 0.346. The van der Waals surface area contributed by atoms with Gasteiger partial charge in [0, 0.05) is 30.1 Å². The van der Waals surface area contributed by atoms with Crippen LogP contribution in [0.15, 0.2) is 60.1 Å². The predicted octanol–water partition coefficient (Wildman–Crippen LogP) is 4.41. The quantitative estimate of drug-likeness (QED) is 0.590. The topological polar surface area (TPSA) is 74.8 Å². The maximum Gasteiger partial charge on any atom is 0.230 e. The second kappa shape index (κ2) is 9.95. The Morgan fingerprint density at radius 2 is 1.91 bits per heavy atom. The highest BCUT2D eigenvalue weighted by Crippen LogP contribution is 2.42. The van der Waals surface area contributed by atoms with Crippen LogP contribution < -0.4 is 15.1 Å². The molecule has 7 nitrogen and oxygen atoms in total. The van der Waals surface area contributed by atoms with Crippen LogP contribution in [0.1, 0.15) is 29.3 Å². The van der Waals surface area contributed by atoms with E-state index in [1.165, 1.54) is 0 Å². The van der Waals surface area contributed by atoms with Crippen LogP contribution in [0.2, 0.25) is 0 Å². The number of thiophene rings is 1. The first-order chi connectivity index (χ1) is 16.6. The maximum atomic E-state index is 13.5. The van der Waals surface area contributed by atoms with Crippen LogP contribution in [0.4, 0.5) is 17.2 Å². The van der Waals surface area contributed by atoms with Gasteiger partial charge in [0.25, 0.3) is 0 Å². The summed E-state index contributed by atoms with van der Waals surface area (Å²) in [6.07, 6.45) is 2.55. The number of carbonyl (C=O) groups is 2. The first kappa shape index (κ1) is 22.6. The van der Waals surface area contributed by atoms with Crippen molar-refractivity contribution in [2.75, 3.05) is 41.4 Å². The van der Waals surface area contributed by atoms with Gasteiger partial charge in [0.15, 0.2) is 0 Å². The number of benzene rings is 1. The molecule has 34 heavy (non-hydrogen) atoms. The van der Waals surface area contributed by atoms with E-state index in [1.807, 2.05) is 60.8 Å². The Labute approximate surface area is 203 Å². The van der Waals surface area contributed by atoms with E-state index in [4.69, 9.17) is 4.74 Å². The number of aryl methyl sites for hydroxylation is 1. The summed E-state index contributed by atoms with van der Waals surface area (Å²) in [5, 5.41) is 5.04. The number of aromatic nitrogens is 1. The molecular weight excluding hydrogens is 448 g/mol. The van der Waals surface area contributed by atoms with Gasteiger partial charge in [0.1, 0.15) is 5.82 Å². The molecule has 0 aliphatic carbocycles. The lowest BCUT2D eigenvalue weighted by atomic mass is 9.86. The van der Waals surface area contributed by atoms with Crippen LogP contribution in [-0.2, 0) is 14.3 Å². The van der Waals surface area contributed by atoms with Crippen LogP contribution in [0.3, 0.4) is 0 Å². The van der Waals surface area contributed by atoms with Crippen LogP contribution in [0, 0.1) is 12.8 Å². The van der Waals surface area contributed by atoms with E-state index in [2.05, 4.69) is 15.2 Å². The highest BCUT2D eigenvalue weighted by Gasteiger charge is 2.42. The monoisotopic (exact) mass is 476 g/mol. The first-order valence-electron chi connectivity index (χ1n) is 11.6. The van der Waals surface area contributed by atoms with Crippen LogP contribution in [0.5, 0.6) is 0 Å². The zero-order chi connectivity index (χ0) is 23.5. The summed E-state index contributed by atoms with van der Waals surface area (Å²) in [6, 6.07) is 15.4. The first-order valence-corrected chi connectivity index (χ1v) is 12.5. The van der Waals surface area contributed by atoms with E-state index >= 15 is 0 Å². The zero-order valence-corrected chi connectivity index (χ0v) is 20.0. The molecule has 0 bridgehead atoms. The minimum absolute atomic E-state index is 0.0443. The molecule has 8 heteroatoms. The Bertz CT molecular complexity index is 1130. The highest BCUT2D eigenvalue weighted by molar-refractivity contribution is 7.10. The Kier molecular flexibility index (Phi) is 6.60. The van der Waals surface area contributed by atoms with Gasteiger partial charge in [-0.3, -0.25) is 9.59 Å². The van der Waals surface area contributed by atoms with Crippen molar-refractivity contribution in [3.05, 3.63) is 70.5 Å². The lowest BCUT2D eigenvalue weighted by Crippen LogP contribution is -2.46. The summed E-state index contributed by atoms with van der Waals surface area (Å²) < 4.78 is 5.41. The van der Waals surface area contributed by atoms with Gasteiger partial charge in [-0.25, -0.2) is 4.98 Å². The average Bonchev–Trinajstić information content (AvgIpc) is 3.40. The molecule has 5 rings (SSSR count). The van der Waals surface area contributed by atoms with Gasteiger partial charge in [-0.05, 0) is 49.1 Å². The normalized spacial score (nSPS) is 20.9. The van der Waals surface area contributed by atoms with Gasteiger partial charge in [-0.2, -0.15) is 0 Å². The van der Waals surface area contributed by atoms with E-state index in [-0.39, 0.29) is 23.8 Å². The molecule has 2 unspecified atom stereocenters. The number of ether oxygens (including phenoxy) is 1. The summed E-state index contributed by atoms with van der Waals surface area (Å²) >= 11 is 1.58. The van der Waals surface area contributed by atoms with Crippen LogP contribution in [0.25, 0.3) is 0 Å². The Hall–Kier alpha value is -3.23. The molecular formula is C26H28N4O3S. The summed E-state index contributed by atoms with van der Waals surface area (Å²) in [4.78, 5) is 36.1. The van der Waals surface area contributed by atoms with Crippen molar-refractivity contribution in [1.82, 2.24) is 4.98 Å². The number of hydrogen-bond donors (Lipinski definition) is 1. The van der Waals surface area contributed by atoms with Crippen molar-refractivity contribution in [2.45, 2.75) is 25.8 Å². The number of hydrogen-bond acceptors (Lipinski definition) is 6.